The largest absolute Gasteiger partial charge is 0.504 e. The van der Waals surface area contributed by atoms with Crippen LogP contribution in [-0.4, -0.2) is 69.8 Å². The van der Waals surface area contributed by atoms with Gasteiger partial charge in [-0.2, -0.15) is 0 Å². The Morgan fingerprint density at radius 3 is 1.36 bits per heavy atom. The van der Waals surface area contributed by atoms with Gasteiger partial charge in [-0.3, -0.25) is 0 Å². The summed E-state index contributed by atoms with van der Waals surface area (Å²) in [5.74, 6) is -1.28. The van der Waals surface area contributed by atoms with Gasteiger partial charge in [0.25, 0.3) is 5.97 Å². The zero-order chi connectivity index (χ0) is 22.3. The second-order valence-corrected chi connectivity index (χ2v) is 26.9. The lowest BCUT2D eigenvalue weighted by Crippen LogP contribution is -2.62. The van der Waals surface area contributed by atoms with Crippen molar-refractivity contribution in [2.75, 3.05) is 19.8 Å². The lowest BCUT2D eigenvalue weighted by Gasteiger charge is -2.46. The van der Waals surface area contributed by atoms with Crippen LogP contribution >= 0.6 is 0 Å². The molecule has 0 rings (SSSR count). The summed E-state index contributed by atoms with van der Waals surface area (Å²) in [7, 11) is -7.78. The van der Waals surface area contributed by atoms with E-state index in [1.165, 1.54) is 0 Å². The van der Waals surface area contributed by atoms with Crippen LogP contribution in [0.3, 0.4) is 0 Å². The molecule has 0 N–H and O–H groups in total. The van der Waals surface area contributed by atoms with Gasteiger partial charge < -0.3 is 26.6 Å². The molecule has 6 nitrogen and oxygen atoms in total. The molecular weight excluding hydrogens is 441 g/mol. The van der Waals surface area contributed by atoms with E-state index in [-0.39, 0.29) is 6.61 Å². The second kappa shape index (κ2) is 11.5. The molecule has 170 valence electrons. The molecule has 0 bridgehead atoms. The van der Waals surface area contributed by atoms with E-state index >= 15 is 0 Å². The molecule has 0 aromatic rings. The highest BCUT2D eigenvalue weighted by Crippen LogP contribution is 2.33. The quantitative estimate of drug-likeness (QED) is 0.257. The van der Waals surface area contributed by atoms with Gasteiger partial charge in [-0.1, -0.05) is 6.04 Å². The van der Waals surface area contributed by atoms with Crippen LogP contribution in [0.25, 0.3) is 0 Å². The third kappa shape index (κ3) is 12.5. The maximum atomic E-state index is 6.73. The summed E-state index contributed by atoms with van der Waals surface area (Å²) in [4.78, 5) is 0. The molecule has 0 unspecified atom stereocenters. The molecule has 0 atom stereocenters. The Hall–Kier alpha value is 0.844. The highest BCUT2D eigenvalue weighted by Gasteiger charge is 2.53. The van der Waals surface area contributed by atoms with Crippen LogP contribution < -0.4 is 0 Å². The van der Waals surface area contributed by atoms with Crippen LogP contribution in [-0.2, 0) is 26.6 Å². The van der Waals surface area contributed by atoms with Gasteiger partial charge in [0, 0.05) is 29.5 Å². The maximum absolute atomic E-state index is 6.73. The van der Waals surface area contributed by atoms with Crippen LogP contribution in [0.2, 0.25) is 71.0 Å². The van der Waals surface area contributed by atoms with Gasteiger partial charge in [0.1, 0.15) is 6.61 Å². The average Bonchev–Trinajstić information content (AvgIpc) is 2.41. The van der Waals surface area contributed by atoms with Crippen LogP contribution in [0.5, 0.6) is 0 Å². The fourth-order valence-corrected chi connectivity index (χ4v) is 10.2. The summed E-state index contributed by atoms with van der Waals surface area (Å²) >= 11 is 0. The first-order valence-electron chi connectivity index (χ1n) is 10.5. The minimum Gasteiger partial charge on any atom is -0.409 e. The summed E-state index contributed by atoms with van der Waals surface area (Å²) < 4.78 is 38.6. The smallest absolute Gasteiger partial charge is 0.409 e. The number of rotatable bonds is 15. The van der Waals surface area contributed by atoms with Crippen molar-refractivity contribution in [2.45, 2.75) is 90.8 Å². The van der Waals surface area contributed by atoms with E-state index in [2.05, 4.69) is 58.9 Å². The Kier molecular flexibility index (Phi) is 11.8. The van der Waals surface area contributed by atoms with E-state index in [0.29, 0.717) is 13.2 Å². The van der Waals surface area contributed by atoms with Gasteiger partial charge in [0.15, 0.2) is 25.0 Å². The summed E-state index contributed by atoms with van der Waals surface area (Å²) in [6, 6.07) is 1.82. The van der Waals surface area contributed by atoms with Crippen molar-refractivity contribution in [1.82, 2.24) is 0 Å². The SMILES string of the molecule is CCO[Si](CC[SiH3])(OCC)OC(CO[Si](C)(C)C)(O[Si](C)(C)C)O[Si](C)(C)C. The fourth-order valence-electron chi connectivity index (χ4n) is 2.67. The second-order valence-electron chi connectivity index (χ2n) is 9.91. The van der Waals surface area contributed by atoms with Gasteiger partial charge >= 0.3 is 8.80 Å². The summed E-state index contributed by atoms with van der Waals surface area (Å²) in [6.07, 6.45) is 0. The third-order valence-electron chi connectivity index (χ3n) is 3.20. The van der Waals surface area contributed by atoms with Gasteiger partial charge in [-0.15, -0.1) is 0 Å². The molecule has 0 fully saturated rings. The van der Waals surface area contributed by atoms with E-state index in [0.717, 1.165) is 22.3 Å². The monoisotopic (exact) mass is 486 g/mol. The maximum Gasteiger partial charge on any atom is 0.504 e. The van der Waals surface area contributed by atoms with Crippen molar-refractivity contribution in [3.8, 4) is 0 Å². The zero-order valence-electron chi connectivity index (χ0n) is 20.5. The van der Waals surface area contributed by atoms with Crippen molar-refractivity contribution in [1.29, 1.82) is 0 Å². The van der Waals surface area contributed by atoms with E-state index < -0.39 is 39.7 Å². The third-order valence-corrected chi connectivity index (χ3v) is 10.7. The molecule has 0 radical (unpaired) electrons. The first kappa shape index (κ1) is 28.8. The molecule has 0 saturated heterocycles. The van der Waals surface area contributed by atoms with Crippen LogP contribution in [0.4, 0.5) is 0 Å². The molecule has 28 heavy (non-hydrogen) atoms. The predicted molar refractivity (Wildman–Crippen MR) is 131 cm³/mol. The fraction of sp³-hybridized carbons (Fsp3) is 1.00. The summed E-state index contributed by atoms with van der Waals surface area (Å²) in [5.41, 5.74) is 0. The van der Waals surface area contributed by atoms with Crippen LogP contribution in [0.1, 0.15) is 13.8 Å². The molecule has 0 spiro atoms. The summed E-state index contributed by atoms with van der Waals surface area (Å²) in [5, 5.41) is 0. The van der Waals surface area contributed by atoms with Gasteiger partial charge in [0.05, 0.1) is 0 Å². The van der Waals surface area contributed by atoms with Crippen molar-refractivity contribution in [3.63, 3.8) is 0 Å². The number of hydrogen-bond acceptors (Lipinski definition) is 6. The van der Waals surface area contributed by atoms with Gasteiger partial charge in [-0.25, -0.2) is 0 Å². The van der Waals surface area contributed by atoms with E-state index in [9.17, 15) is 0 Å². The first-order valence-corrected chi connectivity index (χ1v) is 24.1. The standard InChI is InChI=1S/C17H46O6Si5/c1-12-18-28(15-14-24,19-13-2)23-17(21-26(6,7)8,22-27(9,10)11)16-20-25(3,4)5/h12-16H2,1-11,24H3. The molecule has 0 heterocycles. The Balaban J connectivity index is 6.21. The highest BCUT2D eigenvalue weighted by molar-refractivity contribution is 6.71. The molecule has 0 aliphatic carbocycles. The Morgan fingerprint density at radius 1 is 0.643 bits per heavy atom. The molecule has 0 aromatic heterocycles. The molecule has 0 aromatic carbocycles. The van der Waals surface area contributed by atoms with Crippen molar-refractivity contribution in [3.05, 3.63) is 0 Å². The van der Waals surface area contributed by atoms with Crippen LogP contribution in [0, 0.1) is 0 Å². The van der Waals surface area contributed by atoms with Gasteiger partial charge in [0.2, 0.25) is 0 Å². The summed E-state index contributed by atoms with van der Waals surface area (Å²) in [6.45, 7) is 24.6. The molecule has 0 amide bonds. The van der Waals surface area contributed by atoms with Crippen molar-refractivity contribution < 1.29 is 26.6 Å². The minimum atomic E-state index is -2.96. The Bertz CT molecular complexity index is 412. The average molecular weight is 487 g/mol. The zero-order valence-corrected chi connectivity index (χ0v) is 26.5. The highest BCUT2D eigenvalue weighted by atomic mass is 28.4. The Labute approximate surface area is 181 Å². The molecule has 0 aliphatic rings. The first-order chi connectivity index (χ1) is 12.5. The molecule has 0 saturated carbocycles. The Morgan fingerprint density at radius 2 is 1.07 bits per heavy atom. The van der Waals surface area contributed by atoms with Crippen molar-refractivity contribution >= 4 is 44.0 Å². The van der Waals surface area contributed by atoms with E-state index in [4.69, 9.17) is 26.6 Å². The van der Waals surface area contributed by atoms with Crippen molar-refractivity contribution in [2.24, 2.45) is 0 Å². The topological polar surface area (TPSA) is 55.4 Å². The lowest BCUT2D eigenvalue weighted by molar-refractivity contribution is -0.299. The molecular formula is C17H46O6Si5. The van der Waals surface area contributed by atoms with E-state index in [1.54, 1.807) is 0 Å². The molecule has 0 aliphatic heterocycles. The minimum absolute atomic E-state index is 0.243. The number of hydrogen-bond donors (Lipinski definition) is 0. The van der Waals surface area contributed by atoms with Crippen LogP contribution in [0.15, 0.2) is 0 Å². The predicted octanol–water partition coefficient (Wildman–Crippen LogP) is 4.01. The van der Waals surface area contributed by atoms with E-state index in [1.807, 2.05) is 13.8 Å². The molecule has 11 heteroatoms. The normalized spacial score (nSPS) is 14.7. The van der Waals surface area contributed by atoms with Gasteiger partial charge in [-0.05, 0) is 72.8 Å². The lowest BCUT2D eigenvalue weighted by atomic mass is 10.6.